The molecular formula is C17H27NO. The highest BCUT2D eigenvalue weighted by Crippen LogP contribution is 2.24. The van der Waals surface area contributed by atoms with Crippen LogP contribution in [0, 0.1) is 5.41 Å². The van der Waals surface area contributed by atoms with Gasteiger partial charge in [-0.25, -0.2) is 0 Å². The second-order valence-corrected chi connectivity index (χ2v) is 6.58. The molecule has 0 radical (unpaired) electrons. The van der Waals surface area contributed by atoms with Crippen LogP contribution in [0.15, 0.2) is 24.3 Å². The molecule has 1 atom stereocenters. The third-order valence-electron chi connectivity index (χ3n) is 4.23. The van der Waals surface area contributed by atoms with Gasteiger partial charge >= 0.3 is 0 Å². The molecule has 0 amide bonds. The van der Waals surface area contributed by atoms with E-state index in [1.165, 1.54) is 24.0 Å². The van der Waals surface area contributed by atoms with E-state index in [9.17, 15) is 0 Å². The topological polar surface area (TPSA) is 32.3 Å². The maximum atomic E-state index is 8.94. The Morgan fingerprint density at radius 1 is 1.26 bits per heavy atom. The van der Waals surface area contributed by atoms with Crippen LogP contribution >= 0.6 is 0 Å². The number of aryl methyl sites for hydroxylation is 1. The molecule has 19 heavy (non-hydrogen) atoms. The van der Waals surface area contributed by atoms with Crippen LogP contribution in [0.2, 0.25) is 0 Å². The van der Waals surface area contributed by atoms with Crippen LogP contribution in [0.4, 0.5) is 0 Å². The molecule has 1 unspecified atom stereocenters. The summed E-state index contributed by atoms with van der Waals surface area (Å²) in [5.74, 6) is 0. The number of fused-ring (bicyclic) bond motifs is 1. The summed E-state index contributed by atoms with van der Waals surface area (Å²) >= 11 is 0. The first-order chi connectivity index (χ1) is 9.11. The van der Waals surface area contributed by atoms with E-state index in [0.717, 1.165) is 25.8 Å². The normalized spacial score (nSPS) is 19.2. The van der Waals surface area contributed by atoms with Gasteiger partial charge in [-0.15, -0.1) is 0 Å². The zero-order valence-corrected chi connectivity index (χ0v) is 12.3. The van der Waals surface area contributed by atoms with E-state index in [4.69, 9.17) is 5.11 Å². The molecule has 1 aromatic carbocycles. The standard InChI is InChI=1S/C17H27NO/c1-17(2,10-5-11-19)13-18-16-9-8-14-6-3-4-7-15(14)12-16/h3-4,6-7,16,18-19H,5,8-13H2,1-2H3. The summed E-state index contributed by atoms with van der Waals surface area (Å²) in [5.41, 5.74) is 3.32. The van der Waals surface area contributed by atoms with Gasteiger partial charge in [-0.05, 0) is 48.6 Å². The molecule has 2 rings (SSSR count). The van der Waals surface area contributed by atoms with Crippen molar-refractivity contribution in [3.63, 3.8) is 0 Å². The van der Waals surface area contributed by atoms with Crippen LogP contribution in [-0.2, 0) is 12.8 Å². The summed E-state index contributed by atoms with van der Waals surface area (Å²) in [7, 11) is 0. The van der Waals surface area contributed by atoms with Crippen molar-refractivity contribution in [1.82, 2.24) is 5.32 Å². The molecule has 1 aliphatic carbocycles. The zero-order valence-electron chi connectivity index (χ0n) is 12.3. The highest BCUT2D eigenvalue weighted by molar-refractivity contribution is 5.30. The van der Waals surface area contributed by atoms with E-state index < -0.39 is 0 Å². The Morgan fingerprint density at radius 2 is 2.00 bits per heavy atom. The lowest BCUT2D eigenvalue weighted by molar-refractivity contribution is 0.230. The molecular weight excluding hydrogens is 234 g/mol. The van der Waals surface area contributed by atoms with Crippen LogP contribution in [0.25, 0.3) is 0 Å². The first-order valence-corrected chi connectivity index (χ1v) is 7.52. The molecule has 2 nitrogen and oxygen atoms in total. The maximum Gasteiger partial charge on any atom is 0.0431 e. The van der Waals surface area contributed by atoms with Crippen molar-refractivity contribution in [1.29, 1.82) is 0 Å². The number of hydrogen-bond donors (Lipinski definition) is 2. The average Bonchev–Trinajstić information content (AvgIpc) is 2.43. The predicted molar refractivity (Wildman–Crippen MR) is 80.4 cm³/mol. The Balaban J connectivity index is 1.82. The highest BCUT2D eigenvalue weighted by Gasteiger charge is 2.22. The minimum Gasteiger partial charge on any atom is -0.396 e. The second kappa shape index (κ2) is 6.53. The predicted octanol–water partition coefficient (Wildman–Crippen LogP) is 2.93. The first kappa shape index (κ1) is 14.5. The molecule has 1 aliphatic rings. The lowest BCUT2D eigenvalue weighted by Gasteiger charge is -2.31. The fourth-order valence-corrected chi connectivity index (χ4v) is 2.94. The first-order valence-electron chi connectivity index (χ1n) is 7.52. The van der Waals surface area contributed by atoms with Gasteiger partial charge in [0, 0.05) is 19.2 Å². The molecule has 0 bridgehead atoms. The molecule has 2 heteroatoms. The monoisotopic (exact) mass is 261 g/mol. The fraction of sp³-hybridized carbons (Fsp3) is 0.647. The van der Waals surface area contributed by atoms with Gasteiger partial charge in [0.2, 0.25) is 0 Å². The Kier molecular flexibility index (Phi) is 5.00. The third-order valence-corrected chi connectivity index (χ3v) is 4.23. The number of hydrogen-bond acceptors (Lipinski definition) is 2. The van der Waals surface area contributed by atoms with Crippen molar-refractivity contribution in [3.05, 3.63) is 35.4 Å². The van der Waals surface area contributed by atoms with Crippen molar-refractivity contribution in [3.8, 4) is 0 Å². The van der Waals surface area contributed by atoms with Crippen LogP contribution in [0.5, 0.6) is 0 Å². The number of benzene rings is 1. The molecule has 0 fully saturated rings. The Labute approximate surface area is 117 Å². The van der Waals surface area contributed by atoms with E-state index in [1.807, 2.05) is 0 Å². The Morgan fingerprint density at radius 3 is 2.74 bits per heavy atom. The van der Waals surface area contributed by atoms with E-state index in [0.29, 0.717) is 12.6 Å². The van der Waals surface area contributed by atoms with E-state index in [1.54, 1.807) is 0 Å². The minimum atomic E-state index is 0.277. The largest absolute Gasteiger partial charge is 0.396 e. The number of nitrogens with one attached hydrogen (secondary N) is 1. The Hall–Kier alpha value is -0.860. The lowest BCUT2D eigenvalue weighted by atomic mass is 9.85. The SMILES string of the molecule is CC(C)(CCCO)CNC1CCc2ccccc2C1. The van der Waals surface area contributed by atoms with Crippen molar-refractivity contribution < 1.29 is 5.11 Å². The van der Waals surface area contributed by atoms with E-state index in [2.05, 4.69) is 43.4 Å². The smallest absolute Gasteiger partial charge is 0.0431 e. The average molecular weight is 261 g/mol. The van der Waals surface area contributed by atoms with Gasteiger partial charge in [0.05, 0.1) is 0 Å². The molecule has 0 aliphatic heterocycles. The minimum absolute atomic E-state index is 0.277. The summed E-state index contributed by atoms with van der Waals surface area (Å²) in [6.45, 7) is 5.92. The Bertz CT molecular complexity index is 400. The molecule has 1 aromatic rings. The fourth-order valence-electron chi connectivity index (χ4n) is 2.94. The van der Waals surface area contributed by atoms with E-state index >= 15 is 0 Å². The van der Waals surface area contributed by atoms with Crippen molar-refractivity contribution >= 4 is 0 Å². The molecule has 0 saturated carbocycles. The van der Waals surface area contributed by atoms with Gasteiger partial charge in [0.25, 0.3) is 0 Å². The second-order valence-electron chi connectivity index (χ2n) is 6.58. The van der Waals surface area contributed by atoms with Gasteiger partial charge in [-0.2, -0.15) is 0 Å². The summed E-state index contributed by atoms with van der Waals surface area (Å²) in [6.07, 6.45) is 5.59. The van der Waals surface area contributed by atoms with Gasteiger partial charge in [0.1, 0.15) is 0 Å². The van der Waals surface area contributed by atoms with Crippen LogP contribution < -0.4 is 5.32 Å². The highest BCUT2D eigenvalue weighted by atomic mass is 16.2. The number of aliphatic hydroxyl groups is 1. The molecule has 0 aromatic heterocycles. The van der Waals surface area contributed by atoms with Crippen molar-refractivity contribution in [2.75, 3.05) is 13.2 Å². The maximum absolute atomic E-state index is 8.94. The van der Waals surface area contributed by atoms with Gasteiger partial charge in [-0.1, -0.05) is 38.1 Å². The van der Waals surface area contributed by atoms with Gasteiger partial charge in [-0.3, -0.25) is 0 Å². The van der Waals surface area contributed by atoms with Crippen LogP contribution in [-0.4, -0.2) is 24.3 Å². The summed E-state index contributed by atoms with van der Waals surface area (Å²) < 4.78 is 0. The number of aliphatic hydroxyl groups excluding tert-OH is 1. The molecule has 0 heterocycles. The van der Waals surface area contributed by atoms with E-state index in [-0.39, 0.29) is 5.41 Å². The van der Waals surface area contributed by atoms with Gasteiger partial charge in [0.15, 0.2) is 0 Å². The lowest BCUT2D eigenvalue weighted by Crippen LogP contribution is -2.40. The van der Waals surface area contributed by atoms with Gasteiger partial charge < -0.3 is 10.4 Å². The molecule has 0 spiro atoms. The van der Waals surface area contributed by atoms with Crippen LogP contribution in [0.3, 0.4) is 0 Å². The van der Waals surface area contributed by atoms with Crippen molar-refractivity contribution in [2.45, 2.75) is 52.0 Å². The van der Waals surface area contributed by atoms with Crippen LogP contribution in [0.1, 0.15) is 44.2 Å². The molecule has 2 N–H and O–H groups in total. The quantitative estimate of drug-likeness (QED) is 0.825. The summed E-state index contributed by atoms with van der Waals surface area (Å²) in [5, 5.41) is 12.7. The molecule has 106 valence electrons. The summed E-state index contributed by atoms with van der Waals surface area (Å²) in [4.78, 5) is 0. The summed E-state index contributed by atoms with van der Waals surface area (Å²) in [6, 6.07) is 9.43. The number of rotatable bonds is 6. The zero-order chi connectivity index (χ0) is 13.7. The van der Waals surface area contributed by atoms with Crippen molar-refractivity contribution in [2.24, 2.45) is 5.41 Å². The third kappa shape index (κ3) is 4.32. The molecule has 0 saturated heterocycles.